The molecule has 2 N–H and O–H groups in total. The second-order valence-electron chi connectivity index (χ2n) is 3.03. The summed E-state index contributed by atoms with van der Waals surface area (Å²) in [6, 6.07) is 9.92. The Kier molecular flexibility index (Phi) is 6.93. The van der Waals surface area contributed by atoms with Gasteiger partial charge in [0.05, 0.1) is 6.10 Å². The van der Waals surface area contributed by atoms with E-state index in [1.54, 1.807) is 13.0 Å². The molecule has 82 valence electrons. The fourth-order valence-electron chi connectivity index (χ4n) is 0.815. The van der Waals surface area contributed by atoms with Crippen molar-refractivity contribution in [1.82, 2.24) is 0 Å². The molecule has 0 amide bonds. The number of benzene rings is 1. The Bertz CT molecular complexity index is 298. The van der Waals surface area contributed by atoms with E-state index in [1.807, 2.05) is 36.4 Å². The van der Waals surface area contributed by atoms with Crippen molar-refractivity contribution in [3.63, 3.8) is 0 Å². The second kappa shape index (κ2) is 7.76. The van der Waals surface area contributed by atoms with E-state index in [0.717, 1.165) is 12.5 Å². The Morgan fingerprint density at radius 2 is 1.80 bits per heavy atom. The molecule has 1 aromatic carbocycles. The zero-order valence-corrected chi connectivity index (χ0v) is 8.92. The first kappa shape index (κ1) is 13.4. The molecule has 0 aromatic heterocycles. The maximum atomic E-state index is 9.00. The van der Waals surface area contributed by atoms with E-state index >= 15 is 0 Å². The Balaban J connectivity index is 0.000000423. The standard InChI is InChI=1S/C10H12O.C2H4O2/c1-9(11)7-8-10-5-3-2-4-6-10;1-2(3)4/h2-9,11H,1H3;1H3,(H,3,4)/b8-7-;/t9-;/m1./s1. The Labute approximate surface area is 89.7 Å². The number of carboxylic acid groups (broad SMARTS) is 1. The Morgan fingerprint density at radius 3 is 2.20 bits per heavy atom. The van der Waals surface area contributed by atoms with Crippen molar-refractivity contribution in [2.75, 3.05) is 0 Å². The van der Waals surface area contributed by atoms with E-state index in [9.17, 15) is 0 Å². The highest BCUT2D eigenvalue weighted by atomic mass is 16.4. The van der Waals surface area contributed by atoms with E-state index in [-0.39, 0.29) is 6.10 Å². The average Bonchev–Trinajstić information content (AvgIpc) is 2.15. The summed E-state index contributed by atoms with van der Waals surface area (Å²) >= 11 is 0. The monoisotopic (exact) mass is 208 g/mol. The summed E-state index contributed by atoms with van der Waals surface area (Å²) in [7, 11) is 0. The van der Waals surface area contributed by atoms with Crippen molar-refractivity contribution in [2.24, 2.45) is 0 Å². The third-order valence-corrected chi connectivity index (χ3v) is 1.37. The van der Waals surface area contributed by atoms with Gasteiger partial charge in [-0.05, 0) is 12.5 Å². The van der Waals surface area contributed by atoms with Crippen molar-refractivity contribution in [3.8, 4) is 0 Å². The van der Waals surface area contributed by atoms with E-state index in [2.05, 4.69) is 0 Å². The molecule has 3 nitrogen and oxygen atoms in total. The summed E-state index contributed by atoms with van der Waals surface area (Å²) in [5.74, 6) is -0.833. The van der Waals surface area contributed by atoms with Crippen LogP contribution in [0.4, 0.5) is 0 Å². The normalized spacial score (nSPS) is 11.7. The first-order valence-electron chi connectivity index (χ1n) is 4.63. The minimum atomic E-state index is -0.833. The number of hydrogen-bond acceptors (Lipinski definition) is 2. The third kappa shape index (κ3) is 10.3. The topological polar surface area (TPSA) is 57.5 Å². The fraction of sp³-hybridized carbons (Fsp3) is 0.250. The third-order valence-electron chi connectivity index (χ3n) is 1.37. The number of carboxylic acids is 1. The van der Waals surface area contributed by atoms with Gasteiger partial charge < -0.3 is 10.2 Å². The smallest absolute Gasteiger partial charge is 0.300 e. The molecule has 0 aliphatic heterocycles. The highest BCUT2D eigenvalue weighted by Gasteiger charge is 1.85. The minimum absolute atomic E-state index is 0.366. The van der Waals surface area contributed by atoms with Gasteiger partial charge in [-0.2, -0.15) is 0 Å². The van der Waals surface area contributed by atoms with E-state index in [1.165, 1.54) is 0 Å². The zero-order chi connectivity index (χ0) is 11.7. The molecule has 0 unspecified atom stereocenters. The summed E-state index contributed by atoms with van der Waals surface area (Å²) < 4.78 is 0. The quantitative estimate of drug-likeness (QED) is 0.783. The molecule has 3 heteroatoms. The van der Waals surface area contributed by atoms with Crippen molar-refractivity contribution in [1.29, 1.82) is 0 Å². The lowest BCUT2D eigenvalue weighted by Crippen LogP contribution is -1.90. The molecule has 0 saturated carbocycles. The van der Waals surface area contributed by atoms with Crippen molar-refractivity contribution < 1.29 is 15.0 Å². The number of carbonyl (C=O) groups is 1. The first-order chi connectivity index (χ1) is 7.02. The van der Waals surface area contributed by atoms with E-state index in [4.69, 9.17) is 15.0 Å². The van der Waals surface area contributed by atoms with Crippen molar-refractivity contribution >= 4 is 12.0 Å². The van der Waals surface area contributed by atoms with Crippen LogP contribution in [0.5, 0.6) is 0 Å². The molecule has 0 spiro atoms. The van der Waals surface area contributed by atoms with Gasteiger partial charge >= 0.3 is 0 Å². The molecular weight excluding hydrogens is 192 g/mol. The Hall–Kier alpha value is -1.61. The molecule has 0 fully saturated rings. The van der Waals surface area contributed by atoms with Gasteiger partial charge in [-0.25, -0.2) is 0 Å². The SMILES string of the molecule is CC(=O)O.C[C@@H](O)/C=C\c1ccccc1. The summed E-state index contributed by atoms with van der Waals surface area (Å²) in [6.07, 6.45) is 3.30. The number of hydrogen-bond donors (Lipinski definition) is 2. The lowest BCUT2D eigenvalue weighted by molar-refractivity contribution is -0.134. The van der Waals surface area contributed by atoms with Crippen molar-refractivity contribution in [2.45, 2.75) is 20.0 Å². The highest BCUT2D eigenvalue weighted by Crippen LogP contribution is 2.01. The number of aliphatic hydroxyl groups excluding tert-OH is 1. The van der Waals surface area contributed by atoms with Gasteiger partial charge in [0.25, 0.3) is 5.97 Å². The minimum Gasteiger partial charge on any atom is -0.481 e. The summed E-state index contributed by atoms with van der Waals surface area (Å²) in [6.45, 7) is 2.82. The van der Waals surface area contributed by atoms with Crippen LogP contribution in [-0.2, 0) is 4.79 Å². The number of aliphatic carboxylic acids is 1. The first-order valence-corrected chi connectivity index (χ1v) is 4.63. The van der Waals surface area contributed by atoms with Crippen LogP contribution in [-0.4, -0.2) is 22.3 Å². The molecule has 1 atom stereocenters. The molecule has 0 bridgehead atoms. The molecule has 1 rings (SSSR count). The van der Waals surface area contributed by atoms with Gasteiger partial charge in [0, 0.05) is 6.92 Å². The number of rotatable bonds is 2. The summed E-state index contributed by atoms with van der Waals surface area (Å²) in [5.41, 5.74) is 1.12. The van der Waals surface area contributed by atoms with Crippen LogP contribution in [0.15, 0.2) is 36.4 Å². The van der Waals surface area contributed by atoms with Gasteiger partial charge in [0.1, 0.15) is 0 Å². The fourth-order valence-corrected chi connectivity index (χ4v) is 0.815. The van der Waals surface area contributed by atoms with Gasteiger partial charge in [-0.15, -0.1) is 0 Å². The Morgan fingerprint density at radius 1 is 1.33 bits per heavy atom. The largest absolute Gasteiger partial charge is 0.481 e. The van der Waals surface area contributed by atoms with E-state index < -0.39 is 5.97 Å². The molecule has 15 heavy (non-hydrogen) atoms. The molecule has 0 saturated heterocycles. The van der Waals surface area contributed by atoms with Crippen LogP contribution in [0, 0.1) is 0 Å². The lowest BCUT2D eigenvalue weighted by atomic mass is 10.2. The summed E-state index contributed by atoms with van der Waals surface area (Å²) in [5, 5.41) is 16.3. The van der Waals surface area contributed by atoms with Crippen molar-refractivity contribution in [3.05, 3.63) is 42.0 Å². The molecule has 0 aliphatic rings. The van der Waals surface area contributed by atoms with Crippen LogP contribution in [0.3, 0.4) is 0 Å². The van der Waals surface area contributed by atoms with Gasteiger partial charge in [0.2, 0.25) is 0 Å². The van der Waals surface area contributed by atoms with Crippen LogP contribution >= 0.6 is 0 Å². The predicted octanol–water partition coefficient (Wildman–Crippen LogP) is 2.17. The van der Waals surface area contributed by atoms with Crippen LogP contribution in [0.25, 0.3) is 6.08 Å². The molecule has 1 aromatic rings. The molecular formula is C12H16O3. The van der Waals surface area contributed by atoms with Crippen LogP contribution < -0.4 is 0 Å². The maximum Gasteiger partial charge on any atom is 0.300 e. The van der Waals surface area contributed by atoms with Crippen LogP contribution in [0.2, 0.25) is 0 Å². The van der Waals surface area contributed by atoms with E-state index in [0.29, 0.717) is 0 Å². The highest BCUT2D eigenvalue weighted by molar-refractivity contribution is 5.62. The van der Waals surface area contributed by atoms with Crippen LogP contribution in [0.1, 0.15) is 19.4 Å². The average molecular weight is 208 g/mol. The lowest BCUT2D eigenvalue weighted by Gasteiger charge is -1.93. The van der Waals surface area contributed by atoms with Gasteiger partial charge in [-0.1, -0.05) is 42.5 Å². The second-order valence-corrected chi connectivity index (χ2v) is 3.03. The number of aliphatic hydroxyl groups is 1. The molecule has 0 heterocycles. The van der Waals surface area contributed by atoms with Gasteiger partial charge in [0.15, 0.2) is 0 Å². The molecule has 0 radical (unpaired) electrons. The summed E-state index contributed by atoms with van der Waals surface area (Å²) in [4.78, 5) is 9.00. The maximum absolute atomic E-state index is 9.00. The predicted molar refractivity (Wildman–Crippen MR) is 60.5 cm³/mol. The zero-order valence-electron chi connectivity index (χ0n) is 8.92. The molecule has 0 aliphatic carbocycles. The van der Waals surface area contributed by atoms with Gasteiger partial charge in [-0.3, -0.25) is 4.79 Å².